The van der Waals surface area contributed by atoms with E-state index in [-0.39, 0.29) is 24.5 Å². The summed E-state index contributed by atoms with van der Waals surface area (Å²) < 4.78 is 4.60. The van der Waals surface area contributed by atoms with Crippen LogP contribution in [0.5, 0.6) is 0 Å². The Balaban J connectivity index is 1.85. The Morgan fingerprint density at radius 2 is 1.50 bits per heavy atom. The first kappa shape index (κ1) is 17.7. The number of hydrogen-bond donors (Lipinski definition) is 1. The molecule has 24 heavy (non-hydrogen) atoms. The zero-order chi connectivity index (χ0) is 17.5. The summed E-state index contributed by atoms with van der Waals surface area (Å²) in [5, 5.41) is 3.23. The van der Waals surface area contributed by atoms with Gasteiger partial charge in [-0.05, 0) is 48.5 Å². The number of anilines is 1. The van der Waals surface area contributed by atoms with Crippen molar-refractivity contribution in [2.45, 2.75) is 12.8 Å². The van der Waals surface area contributed by atoms with Crippen LogP contribution in [0.4, 0.5) is 5.69 Å². The second kappa shape index (κ2) is 8.26. The van der Waals surface area contributed by atoms with Gasteiger partial charge in [0.1, 0.15) is 0 Å². The summed E-state index contributed by atoms with van der Waals surface area (Å²) >= 11 is 5.77. The SMILES string of the molecule is COC(=O)c1ccc(NC(=O)CCC(=O)c2ccc(Cl)cc2)cc1. The summed E-state index contributed by atoms with van der Waals surface area (Å²) in [5.74, 6) is -0.840. The predicted molar refractivity (Wildman–Crippen MR) is 91.4 cm³/mol. The van der Waals surface area contributed by atoms with Crippen LogP contribution in [-0.4, -0.2) is 24.8 Å². The molecule has 0 aliphatic heterocycles. The lowest BCUT2D eigenvalue weighted by molar-refractivity contribution is -0.116. The van der Waals surface area contributed by atoms with Gasteiger partial charge in [0.15, 0.2) is 5.78 Å². The van der Waals surface area contributed by atoms with Gasteiger partial charge in [-0.25, -0.2) is 4.79 Å². The molecule has 6 heteroatoms. The molecule has 0 aliphatic rings. The molecule has 0 unspecified atom stereocenters. The number of rotatable bonds is 6. The number of esters is 1. The van der Waals surface area contributed by atoms with Crippen LogP contribution in [0.2, 0.25) is 5.02 Å². The van der Waals surface area contributed by atoms with Gasteiger partial charge >= 0.3 is 5.97 Å². The third kappa shape index (κ3) is 4.93. The molecule has 1 amide bonds. The number of benzene rings is 2. The van der Waals surface area contributed by atoms with Crippen molar-refractivity contribution in [2.75, 3.05) is 12.4 Å². The van der Waals surface area contributed by atoms with Crippen LogP contribution in [0, 0.1) is 0 Å². The molecule has 0 aliphatic carbocycles. The minimum Gasteiger partial charge on any atom is -0.465 e. The number of ether oxygens (including phenoxy) is 1. The monoisotopic (exact) mass is 345 g/mol. The second-order valence-corrected chi connectivity index (χ2v) is 5.48. The van der Waals surface area contributed by atoms with Crippen molar-refractivity contribution in [3.63, 3.8) is 0 Å². The van der Waals surface area contributed by atoms with Gasteiger partial charge in [0.25, 0.3) is 0 Å². The number of amides is 1. The minimum atomic E-state index is -0.443. The zero-order valence-electron chi connectivity index (χ0n) is 13.0. The molecule has 0 atom stereocenters. The lowest BCUT2D eigenvalue weighted by Crippen LogP contribution is -2.13. The maximum atomic E-state index is 12.0. The van der Waals surface area contributed by atoms with Crippen LogP contribution in [0.15, 0.2) is 48.5 Å². The lowest BCUT2D eigenvalue weighted by atomic mass is 10.1. The van der Waals surface area contributed by atoms with E-state index < -0.39 is 5.97 Å². The first-order valence-electron chi connectivity index (χ1n) is 7.26. The first-order valence-corrected chi connectivity index (χ1v) is 7.64. The Hall–Kier alpha value is -2.66. The second-order valence-electron chi connectivity index (χ2n) is 5.05. The molecule has 2 aromatic rings. The van der Waals surface area contributed by atoms with Crippen molar-refractivity contribution in [3.8, 4) is 0 Å². The summed E-state index contributed by atoms with van der Waals surface area (Å²) in [6, 6.07) is 12.9. The molecule has 0 saturated carbocycles. The number of halogens is 1. The van der Waals surface area contributed by atoms with E-state index in [1.165, 1.54) is 7.11 Å². The van der Waals surface area contributed by atoms with Crippen molar-refractivity contribution in [1.29, 1.82) is 0 Å². The average molecular weight is 346 g/mol. The maximum Gasteiger partial charge on any atom is 0.337 e. The number of methoxy groups -OCH3 is 1. The molecule has 0 fully saturated rings. The summed E-state index contributed by atoms with van der Waals surface area (Å²) in [6.45, 7) is 0. The average Bonchev–Trinajstić information content (AvgIpc) is 2.60. The van der Waals surface area contributed by atoms with Crippen molar-refractivity contribution in [1.82, 2.24) is 0 Å². The molecule has 0 heterocycles. The molecular formula is C18H16ClNO4. The van der Waals surface area contributed by atoms with E-state index in [4.69, 9.17) is 11.6 Å². The Bertz CT molecular complexity index is 739. The fourth-order valence-electron chi connectivity index (χ4n) is 2.04. The molecular weight excluding hydrogens is 330 g/mol. The van der Waals surface area contributed by atoms with Crippen LogP contribution in [-0.2, 0) is 9.53 Å². The van der Waals surface area contributed by atoms with Crippen molar-refractivity contribution in [3.05, 3.63) is 64.7 Å². The van der Waals surface area contributed by atoms with Gasteiger partial charge in [-0.3, -0.25) is 9.59 Å². The summed E-state index contributed by atoms with van der Waals surface area (Å²) in [7, 11) is 1.30. The molecule has 2 rings (SSSR count). The first-order chi connectivity index (χ1) is 11.5. The molecule has 0 spiro atoms. The molecule has 0 saturated heterocycles. The number of ketones is 1. The Morgan fingerprint density at radius 1 is 0.917 bits per heavy atom. The van der Waals surface area contributed by atoms with E-state index in [1.807, 2.05) is 0 Å². The minimum absolute atomic E-state index is 0.0697. The topological polar surface area (TPSA) is 72.5 Å². The van der Waals surface area contributed by atoms with E-state index in [2.05, 4.69) is 10.1 Å². The highest BCUT2D eigenvalue weighted by atomic mass is 35.5. The Labute approximate surface area is 144 Å². The summed E-state index contributed by atoms with van der Waals surface area (Å²) in [4.78, 5) is 35.2. The predicted octanol–water partition coefficient (Wildman–Crippen LogP) is 3.73. The molecule has 0 radical (unpaired) electrons. The third-order valence-corrected chi connectivity index (χ3v) is 3.59. The van der Waals surface area contributed by atoms with Crippen LogP contribution in [0.25, 0.3) is 0 Å². The van der Waals surface area contributed by atoms with Crippen molar-refractivity contribution >= 4 is 34.9 Å². The highest BCUT2D eigenvalue weighted by Gasteiger charge is 2.10. The van der Waals surface area contributed by atoms with Crippen LogP contribution in [0.3, 0.4) is 0 Å². The number of carbonyl (C=O) groups is 3. The van der Waals surface area contributed by atoms with E-state index in [9.17, 15) is 14.4 Å². The Morgan fingerprint density at radius 3 is 2.08 bits per heavy atom. The van der Waals surface area contributed by atoms with Crippen LogP contribution < -0.4 is 5.32 Å². The van der Waals surface area contributed by atoms with Gasteiger partial charge in [-0.1, -0.05) is 11.6 Å². The number of Topliss-reactive ketones (excluding diaryl/α,β-unsaturated/α-hetero) is 1. The third-order valence-electron chi connectivity index (χ3n) is 3.34. The molecule has 2 aromatic carbocycles. The highest BCUT2D eigenvalue weighted by molar-refractivity contribution is 6.30. The smallest absolute Gasteiger partial charge is 0.337 e. The van der Waals surface area contributed by atoms with Crippen molar-refractivity contribution in [2.24, 2.45) is 0 Å². The van der Waals surface area contributed by atoms with E-state index in [1.54, 1.807) is 48.5 Å². The van der Waals surface area contributed by atoms with Gasteiger partial charge in [-0.15, -0.1) is 0 Å². The molecule has 124 valence electrons. The van der Waals surface area contributed by atoms with Crippen LogP contribution in [0.1, 0.15) is 33.6 Å². The van der Waals surface area contributed by atoms with Gasteiger partial charge in [0.2, 0.25) is 5.91 Å². The van der Waals surface area contributed by atoms with Gasteiger partial charge < -0.3 is 10.1 Å². The van der Waals surface area contributed by atoms with Crippen LogP contribution >= 0.6 is 11.6 Å². The quantitative estimate of drug-likeness (QED) is 0.639. The maximum absolute atomic E-state index is 12.0. The number of hydrogen-bond acceptors (Lipinski definition) is 4. The zero-order valence-corrected chi connectivity index (χ0v) is 13.8. The molecule has 0 aromatic heterocycles. The fraction of sp³-hybridized carbons (Fsp3) is 0.167. The summed E-state index contributed by atoms with van der Waals surface area (Å²) in [5.41, 5.74) is 1.47. The standard InChI is InChI=1S/C18H16ClNO4/c1-24-18(23)13-4-8-15(9-5-13)20-17(22)11-10-16(21)12-2-6-14(19)7-3-12/h2-9H,10-11H2,1H3,(H,20,22). The van der Waals surface area contributed by atoms with Gasteiger partial charge in [0.05, 0.1) is 12.7 Å². The van der Waals surface area contributed by atoms with E-state index in [0.717, 1.165) is 0 Å². The molecule has 5 nitrogen and oxygen atoms in total. The van der Waals surface area contributed by atoms with E-state index >= 15 is 0 Å². The lowest BCUT2D eigenvalue weighted by Gasteiger charge is -2.06. The van der Waals surface area contributed by atoms with Gasteiger partial charge in [0, 0.05) is 29.1 Å². The van der Waals surface area contributed by atoms with Crippen molar-refractivity contribution < 1.29 is 19.1 Å². The van der Waals surface area contributed by atoms with E-state index in [0.29, 0.717) is 21.8 Å². The molecule has 1 N–H and O–H groups in total. The highest BCUT2D eigenvalue weighted by Crippen LogP contribution is 2.13. The van der Waals surface area contributed by atoms with Gasteiger partial charge in [-0.2, -0.15) is 0 Å². The number of nitrogens with one attached hydrogen (secondary N) is 1. The fourth-order valence-corrected chi connectivity index (χ4v) is 2.16. The largest absolute Gasteiger partial charge is 0.465 e. The normalized spacial score (nSPS) is 10.1. The Kier molecular flexibility index (Phi) is 6.09. The molecule has 0 bridgehead atoms. The number of carbonyl (C=O) groups excluding carboxylic acids is 3. The summed E-state index contributed by atoms with van der Waals surface area (Å²) in [6.07, 6.45) is 0.175.